The van der Waals surface area contributed by atoms with Crippen LogP contribution in [0.4, 0.5) is 5.13 Å². The van der Waals surface area contributed by atoms with Gasteiger partial charge in [0.15, 0.2) is 10.8 Å². The summed E-state index contributed by atoms with van der Waals surface area (Å²) < 4.78 is 0. The van der Waals surface area contributed by atoms with Gasteiger partial charge >= 0.3 is 29.6 Å². The predicted molar refractivity (Wildman–Crippen MR) is 102 cm³/mol. The first-order valence-corrected chi connectivity index (χ1v) is 10.8. The number of rotatable bonds is 5. The number of aliphatic hydroxyl groups is 1. The molecule has 0 bridgehead atoms. The van der Waals surface area contributed by atoms with E-state index in [1.165, 1.54) is 28.0 Å². The number of thioether (sulfide) groups is 1. The van der Waals surface area contributed by atoms with Crippen LogP contribution in [-0.4, -0.2) is 57.4 Å². The zero-order chi connectivity index (χ0) is 20.2. The molecular formula is C18H19N4NaO4S2. The number of aliphatic carboxylic acids is 1. The van der Waals surface area contributed by atoms with Crippen LogP contribution in [0.2, 0.25) is 0 Å². The molecule has 29 heavy (non-hydrogen) atoms. The molecule has 0 unspecified atom stereocenters. The summed E-state index contributed by atoms with van der Waals surface area (Å²) in [6, 6.07) is 1.71. The number of carbonyl (C=O) groups is 2. The number of nitriles is 1. The number of aliphatic hydroxyl groups excluding tert-OH is 1. The van der Waals surface area contributed by atoms with Crippen LogP contribution < -0.4 is 39.6 Å². The zero-order valence-corrected chi connectivity index (χ0v) is 20.0. The molecule has 0 saturated carbocycles. The van der Waals surface area contributed by atoms with Crippen molar-refractivity contribution in [3.8, 4) is 6.07 Å². The topological polar surface area (TPSA) is 121 Å². The molecule has 0 radical (unpaired) electrons. The minimum absolute atomic E-state index is 0. The first-order chi connectivity index (χ1) is 13.3. The number of nitrogens with zero attached hydrogens (tertiary/aromatic N) is 4. The Morgan fingerprint density at radius 2 is 2.28 bits per heavy atom. The maximum absolute atomic E-state index is 12.4. The Kier molecular flexibility index (Phi) is 6.68. The second-order valence-electron chi connectivity index (χ2n) is 7.36. The van der Waals surface area contributed by atoms with Crippen LogP contribution in [0.15, 0.2) is 16.0 Å². The number of amides is 1. The minimum atomic E-state index is -1.34. The van der Waals surface area contributed by atoms with Gasteiger partial charge in [-0.05, 0) is 13.3 Å². The van der Waals surface area contributed by atoms with Crippen LogP contribution in [0, 0.1) is 23.2 Å². The standard InChI is InChI=1S/C18H20N4O4S2.Na/c1-8-13-12(9(2)23)16(24)22(13)14(17(25)26)15(8)28-11-3-4-21(6-11)18-20-10(5-19)7-27-18;/h7-9,11-13,23H,3-4,6H2,1-2H3,(H,25,26);/q;+1/p-1/t8-,9-,11+,12-,13-;/m1./s1. The average molecular weight is 442 g/mol. The third-order valence-corrected chi connectivity index (χ3v) is 8.06. The van der Waals surface area contributed by atoms with Gasteiger partial charge in [-0.3, -0.25) is 4.79 Å². The maximum Gasteiger partial charge on any atom is 1.00 e. The van der Waals surface area contributed by atoms with E-state index in [0.717, 1.165) is 18.1 Å². The van der Waals surface area contributed by atoms with Crippen molar-refractivity contribution in [2.45, 2.75) is 37.7 Å². The maximum atomic E-state index is 12.4. The third kappa shape index (κ3) is 3.73. The first-order valence-electron chi connectivity index (χ1n) is 9.07. The van der Waals surface area contributed by atoms with E-state index >= 15 is 0 Å². The fraction of sp³-hybridized carbons (Fsp3) is 0.556. The van der Waals surface area contributed by atoms with E-state index in [1.54, 1.807) is 12.3 Å². The fourth-order valence-corrected chi connectivity index (χ4v) is 6.58. The summed E-state index contributed by atoms with van der Waals surface area (Å²) in [5.41, 5.74) is 0.360. The van der Waals surface area contributed by atoms with Gasteiger partial charge in [0.1, 0.15) is 6.07 Å². The van der Waals surface area contributed by atoms with E-state index in [0.29, 0.717) is 17.1 Å². The van der Waals surface area contributed by atoms with Crippen LogP contribution in [0.5, 0.6) is 0 Å². The molecule has 1 amide bonds. The number of thiazole rings is 1. The number of aromatic nitrogens is 1. The molecule has 2 saturated heterocycles. The van der Waals surface area contributed by atoms with Crippen LogP contribution in [0.3, 0.4) is 0 Å². The number of β-lactam (4-membered cyclic amide) rings is 1. The van der Waals surface area contributed by atoms with Crippen molar-refractivity contribution < 1.29 is 49.4 Å². The molecular weight excluding hydrogens is 423 g/mol. The summed E-state index contributed by atoms with van der Waals surface area (Å²) in [6.07, 6.45) is 0.0333. The van der Waals surface area contributed by atoms with Gasteiger partial charge in [0.05, 0.1) is 29.7 Å². The van der Waals surface area contributed by atoms with E-state index in [9.17, 15) is 19.8 Å². The van der Waals surface area contributed by atoms with Gasteiger partial charge in [0, 0.05) is 34.5 Å². The van der Waals surface area contributed by atoms with Crippen molar-refractivity contribution in [3.05, 3.63) is 21.7 Å². The summed E-state index contributed by atoms with van der Waals surface area (Å²) in [5.74, 6) is -2.42. The molecule has 5 atom stereocenters. The molecule has 148 valence electrons. The molecule has 0 aromatic carbocycles. The van der Waals surface area contributed by atoms with Crippen LogP contribution in [0.25, 0.3) is 0 Å². The Balaban J connectivity index is 0.00000240. The Hall–Kier alpha value is -1.09. The largest absolute Gasteiger partial charge is 1.00 e. The molecule has 3 aliphatic rings. The van der Waals surface area contributed by atoms with Crippen LogP contribution in [0.1, 0.15) is 26.0 Å². The van der Waals surface area contributed by atoms with Crippen molar-refractivity contribution in [2.24, 2.45) is 11.8 Å². The molecule has 3 aliphatic heterocycles. The van der Waals surface area contributed by atoms with Crippen molar-refractivity contribution in [1.82, 2.24) is 9.88 Å². The van der Waals surface area contributed by atoms with Gasteiger partial charge in [-0.2, -0.15) is 5.26 Å². The predicted octanol–water partition coefficient (Wildman–Crippen LogP) is -2.85. The summed E-state index contributed by atoms with van der Waals surface area (Å²) in [5, 5.41) is 33.3. The van der Waals surface area contributed by atoms with Gasteiger partial charge in [-0.1, -0.05) is 6.92 Å². The number of carboxylic acids is 1. The van der Waals surface area contributed by atoms with E-state index in [2.05, 4.69) is 9.88 Å². The van der Waals surface area contributed by atoms with Gasteiger partial charge in [0.2, 0.25) is 5.91 Å². The van der Waals surface area contributed by atoms with Crippen molar-refractivity contribution in [3.63, 3.8) is 0 Å². The second kappa shape index (κ2) is 8.57. The number of anilines is 1. The van der Waals surface area contributed by atoms with Crippen LogP contribution in [-0.2, 0) is 9.59 Å². The second-order valence-corrected chi connectivity index (χ2v) is 9.53. The quantitative estimate of drug-likeness (QED) is 0.382. The molecule has 4 heterocycles. The Morgan fingerprint density at radius 3 is 2.86 bits per heavy atom. The Morgan fingerprint density at radius 1 is 1.55 bits per heavy atom. The summed E-state index contributed by atoms with van der Waals surface area (Å²) in [6.45, 7) is 4.94. The van der Waals surface area contributed by atoms with E-state index in [1.807, 2.05) is 13.0 Å². The van der Waals surface area contributed by atoms with Gasteiger partial charge in [0.25, 0.3) is 0 Å². The minimum Gasteiger partial charge on any atom is -0.543 e. The van der Waals surface area contributed by atoms with Gasteiger partial charge in [-0.25, -0.2) is 4.98 Å². The van der Waals surface area contributed by atoms with E-state index < -0.39 is 18.0 Å². The molecule has 4 rings (SSSR count). The van der Waals surface area contributed by atoms with Gasteiger partial charge < -0.3 is 24.8 Å². The van der Waals surface area contributed by atoms with Gasteiger partial charge in [-0.15, -0.1) is 23.1 Å². The SMILES string of the molecule is C[C@@H](O)[C@H]1C(=O)N2C(C(=O)[O-])=C(S[C@H]3CCN(c4nc(C#N)cs4)C3)[C@H](C)[C@H]12.[Na+]. The number of fused-ring (bicyclic) bond motifs is 1. The summed E-state index contributed by atoms with van der Waals surface area (Å²) in [4.78, 5) is 32.5. The molecule has 2 fully saturated rings. The molecule has 0 aliphatic carbocycles. The van der Waals surface area contributed by atoms with E-state index in [-0.39, 0.29) is 58.4 Å². The Bertz CT molecular complexity index is 912. The van der Waals surface area contributed by atoms with Crippen LogP contribution >= 0.6 is 23.1 Å². The van der Waals surface area contributed by atoms with Crippen molar-refractivity contribution >= 4 is 40.1 Å². The third-order valence-electron chi connectivity index (χ3n) is 5.62. The number of carbonyl (C=O) groups excluding carboxylic acids is 2. The summed E-state index contributed by atoms with van der Waals surface area (Å²) in [7, 11) is 0. The van der Waals surface area contributed by atoms with Crippen molar-refractivity contribution in [2.75, 3.05) is 18.0 Å². The zero-order valence-electron chi connectivity index (χ0n) is 16.4. The molecule has 1 aromatic heterocycles. The molecule has 8 nitrogen and oxygen atoms in total. The number of hydrogen-bond donors (Lipinski definition) is 1. The molecule has 11 heteroatoms. The monoisotopic (exact) mass is 442 g/mol. The number of hydrogen-bond acceptors (Lipinski definition) is 9. The average Bonchev–Trinajstić information content (AvgIpc) is 3.33. The number of carboxylic acid groups (broad SMARTS) is 1. The molecule has 1 aromatic rings. The van der Waals surface area contributed by atoms with Crippen molar-refractivity contribution in [1.29, 1.82) is 5.26 Å². The summed E-state index contributed by atoms with van der Waals surface area (Å²) >= 11 is 2.91. The first kappa shape index (κ1) is 22.6. The fourth-order valence-electron chi connectivity index (χ4n) is 4.31. The Labute approximate surface area is 198 Å². The smallest absolute Gasteiger partial charge is 0.543 e. The molecule has 0 spiro atoms. The molecule has 1 N–H and O–H groups in total. The normalized spacial score (nSPS) is 29.2. The van der Waals surface area contributed by atoms with E-state index in [4.69, 9.17) is 5.26 Å².